The first-order valence-electron chi connectivity index (χ1n) is 4.83. The van der Waals surface area contributed by atoms with Gasteiger partial charge in [0.25, 0.3) is 0 Å². The molecule has 0 aromatic carbocycles. The van der Waals surface area contributed by atoms with E-state index in [2.05, 4.69) is 20.1 Å². The maximum atomic E-state index is 5.40. The van der Waals surface area contributed by atoms with Crippen molar-refractivity contribution in [2.24, 2.45) is 0 Å². The van der Waals surface area contributed by atoms with Crippen LogP contribution in [-0.2, 0) is 23.4 Å². The van der Waals surface area contributed by atoms with Crippen LogP contribution in [0.3, 0.4) is 0 Å². The highest BCUT2D eigenvalue weighted by Crippen LogP contribution is 2.23. The lowest BCUT2D eigenvalue weighted by Gasteiger charge is -2.24. The van der Waals surface area contributed by atoms with E-state index in [0.29, 0.717) is 0 Å². The van der Waals surface area contributed by atoms with Gasteiger partial charge in [-0.3, -0.25) is 0 Å². The van der Waals surface area contributed by atoms with Crippen molar-refractivity contribution in [3.63, 3.8) is 0 Å². The van der Waals surface area contributed by atoms with Gasteiger partial charge < -0.3 is 14.6 Å². The summed E-state index contributed by atoms with van der Waals surface area (Å²) in [5.74, 6) is 1.91. The molecule has 0 atom stereocenters. The summed E-state index contributed by atoms with van der Waals surface area (Å²) in [4.78, 5) is 0. The van der Waals surface area contributed by atoms with E-state index in [0.717, 1.165) is 31.3 Å². The summed E-state index contributed by atoms with van der Waals surface area (Å²) in [6, 6.07) is 0. The highest BCUT2D eigenvalue weighted by Gasteiger charge is 2.28. The fraction of sp³-hybridized carbons (Fsp3) is 0.778. The molecule has 0 fully saturated rings. The zero-order chi connectivity index (χ0) is 10.2. The van der Waals surface area contributed by atoms with Crippen molar-refractivity contribution in [3.8, 4) is 0 Å². The molecule has 78 valence electrons. The largest absolute Gasteiger partial charge is 0.371 e. The Morgan fingerprint density at radius 2 is 2.21 bits per heavy atom. The minimum atomic E-state index is -0.359. The van der Waals surface area contributed by atoms with Crippen LogP contribution in [0.15, 0.2) is 0 Å². The van der Waals surface area contributed by atoms with Gasteiger partial charge in [-0.1, -0.05) is 0 Å². The maximum Gasteiger partial charge on any atom is 0.164 e. The van der Waals surface area contributed by atoms with Crippen molar-refractivity contribution in [1.29, 1.82) is 0 Å². The molecule has 2 heterocycles. The molecule has 0 amide bonds. The number of nitrogens with one attached hydrogen (secondary N) is 1. The Balaban J connectivity index is 2.39. The Morgan fingerprint density at radius 1 is 1.43 bits per heavy atom. The standard InChI is InChI=1S/C9H16N4O/c1-9(2,14-3)8-12-11-7-6-10-4-5-13(7)8/h10H,4-6H2,1-3H3. The Hall–Kier alpha value is -0.940. The minimum absolute atomic E-state index is 0.359. The summed E-state index contributed by atoms with van der Waals surface area (Å²) in [6.45, 7) is 6.70. The molecule has 1 aromatic rings. The SMILES string of the molecule is COC(C)(C)c1nnc2n1CCNC2. The Bertz CT molecular complexity index is 332. The number of ether oxygens (including phenoxy) is 1. The Labute approximate surface area is 83.5 Å². The van der Waals surface area contributed by atoms with Gasteiger partial charge in [0, 0.05) is 20.2 Å². The van der Waals surface area contributed by atoms with Gasteiger partial charge in [-0.15, -0.1) is 10.2 Å². The first-order chi connectivity index (χ1) is 6.65. The molecule has 0 bridgehead atoms. The van der Waals surface area contributed by atoms with E-state index in [1.165, 1.54) is 0 Å². The van der Waals surface area contributed by atoms with Crippen LogP contribution in [0.5, 0.6) is 0 Å². The number of aromatic nitrogens is 3. The van der Waals surface area contributed by atoms with Crippen LogP contribution in [0.2, 0.25) is 0 Å². The Morgan fingerprint density at radius 3 is 2.93 bits per heavy atom. The first-order valence-corrected chi connectivity index (χ1v) is 4.83. The van der Waals surface area contributed by atoms with Crippen LogP contribution >= 0.6 is 0 Å². The third kappa shape index (κ3) is 1.42. The van der Waals surface area contributed by atoms with Crippen LogP contribution in [0.4, 0.5) is 0 Å². The molecule has 0 unspecified atom stereocenters. The topological polar surface area (TPSA) is 52.0 Å². The normalized spacial score (nSPS) is 16.8. The summed E-state index contributed by atoms with van der Waals surface area (Å²) >= 11 is 0. The lowest BCUT2D eigenvalue weighted by Crippen LogP contribution is -2.33. The summed E-state index contributed by atoms with van der Waals surface area (Å²) in [6.07, 6.45) is 0. The number of methoxy groups -OCH3 is 1. The molecule has 1 aliphatic rings. The molecule has 1 N–H and O–H groups in total. The molecule has 0 saturated heterocycles. The van der Waals surface area contributed by atoms with Crippen molar-refractivity contribution in [2.45, 2.75) is 32.5 Å². The van der Waals surface area contributed by atoms with Crippen LogP contribution in [0.1, 0.15) is 25.5 Å². The fourth-order valence-corrected chi connectivity index (χ4v) is 1.63. The zero-order valence-electron chi connectivity index (χ0n) is 8.87. The van der Waals surface area contributed by atoms with Gasteiger partial charge in [-0.05, 0) is 13.8 Å². The monoisotopic (exact) mass is 196 g/mol. The molecule has 1 aromatic heterocycles. The lowest BCUT2D eigenvalue weighted by molar-refractivity contribution is 0.00781. The van der Waals surface area contributed by atoms with Crippen LogP contribution in [-0.4, -0.2) is 28.4 Å². The van der Waals surface area contributed by atoms with E-state index in [9.17, 15) is 0 Å². The smallest absolute Gasteiger partial charge is 0.164 e. The molecular weight excluding hydrogens is 180 g/mol. The molecule has 0 aliphatic carbocycles. The molecule has 2 rings (SSSR count). The predicted octanol–water partition coefficient (Wildman–Crippen LogP) is 0.263. The lowest BCUT2D eigenvalue weighted by atomic mass is 10.1. The second-order valence-electron chi connectivity index (χ2n) is 3.98. The van der Waals surface area contributed by atoms with Gasteiger partial charge in [0.05, 0.1) is 6.54 Å². The molecular formula is C9H16N4O. The molecule has 1 aliphatic heterocycles. The highest BCUT2D eigenvalue weighted by atomic mass is 16.5. The molecule has 14 heavy (non-hydrogen) atoms. The quantitative estimate of drug-likeness (QED) is 0.737. The van der Waals surface area contributed by atoms with Crippen molar-refractivity contribution >= 4 is 0 Å². The summed E-state index contributed by atoms with van der Waals surface area (Å²) in [5.41, 5.74) is -0.359. The average Bonchev–Trinajstić information content (AvgIpc) is 2.61. The van der Waals surface area contributed by atoms with E-state index in [4.69, 9.17) is 4.74 Å². The second-order valence-corrected chi connectivity index (χ2v) is 3.98. The van der Waals surface area contributed by atoms with E-state index >= 15 is 0 Å². The maximum absolute atomic E-state index is 5.40. The van der Waals surface area contributed by atoms with E-state index < -0.39 is 0 Å². The minimum Gasteiger partial charge on any atom is -0.371 e. The van der Waals surface area contributed by atoms with Crippen LogP contribution in [0, 0.1) is 0 Å². The van der Waals surface area contributed by atoms with E-state index in [-0.39, 0.29) is 5.60 Å². The van der Waals surface area contributed by atoms with Crippen molar-refractivity contribution in [3.05, 3.63) is 11.6 Å². The Kier molecular flexibility index (Phi) is 2.28. The summed E-state index contributed by atoms with van der Waals surface area (Å²) < 4.78 is 7.54. The second kappa shape index (κ2) is 3.33. The first kappa shape index (κ1) is 9.61. The van der Waals surface area contributed by atoms with Crippen molar-refractivity contribution < 1.29 is 4.74 Å². The van der Waals surface area contributed by atoms with E-state index in [1.54, 1.807) is 7.11 Å². The average molecular weight is 196 g/mol. The summed E-state index contributed by atoms with van der Waals surface area (Å²) in [5, 5.41) is 11.6. The van der Waals surface area contributed by atoms with E-state index in [1.807, 2.05) is 13.8 Å². The third-order valence-corrected chi connectivity index (χ3v) is 2.67. The molecule has 5 heteroatoms. The van der Waals surface area contributed by atoms with Gasteiger partial charge in [-0.2, -0.15) is 0 Å². The number of hydrogen-bond donors (Lipinski definition) is 1. The third-order valence-electron chi connectivity index (χ3n) is 2.67. The molecule has 0 saturated carbocycles. The van der Waals surface area contributed by atoms with Gasteiger partial charge in [0.15, 0.2) is 5.82 Å². The van der Waals surface area contributed by atoms with Gasteiger partial charge in [0.1, 0.15) is 11.4 Å². The fourth-order valence-electron chi connectivity index (χ4n) is 1.63. The number of fused-ring (bicyclic) bond motifs is 1. The van der Waals surface area contributed by atoms with Crippen LogP contribution in [0.25, 0.3) is 0 Å². The van der Waals surface area contributed by atoms with Crippen LogP contribution < -0.4 is 5.32 Å². The number of nitrogens with zero attached hydrogens (tertiary/aromatic N) is 3. The van der Waals surface area contributed by atoms with Crippen molar-refractivity contribution in [1.82, 2.24) is 20.1 Å². The van der Waals surface area contributed by atoms with Gasteiger partial charge in [0.2, 0.25) is 0 Å². The summed E-state index contributed by atoms with van der Waals surface area (Å²) in [7, 11) is 1.70. The molecule has 5 nitrogen and oxygen atoms in total. The number of hydrogen-bond acceptors (Lipinski definition) is 4. The van der Waals surface area contributed by atoms with Gasteiger partial charge in [-0.25, -0.2) is 0 Å². The zero-order valence-corrected chi connectivity index (χ0v) is 8.87. The number of rotatable bonds is 2. The van der Waals surface area contributed by atoms with Gasteiger partial charge >= 0.3 is 0 Å². The highest BCUT2D eigenvalue weighted by molar-refractivity contribution is 5.05. The van der Waals surface area contributed by atoms with Crippen molar-refractivity contribution in [2.75, 3.05) is 13.7 Å². The predicted molar refractivity (Wildman–Crippen MR) is 51.8 cm³/mol. The molecule has 0 spiro atoms. The molecule has 0 radical (unpaired) electrons.